The quantitative estimate of drug-likeness (QED) is 0.626. The van der Waals surface area contributed by atoms with E-state index >= 15 is 0 Å². The predicted molar refractivity (Wildman–Crippen MR) is 111 cm³/mol. The van der Waals surface area contributed by atoms with Crippen LogP contribution in [-0.2, 0) is 20.4 Å². The van der Waals surface area contributed by atoms with E-state index in [0.29, 0.717) is 24.3 Å². The number of oxazole rings is 1. The maximum Gasteiger partial charge on any atom is 0.238 e. The molecule has 0 radical (unpaired) electrons. The van der Waals surface area contributed by atoms with Gasteiger partial charge in [-0.15, -0.1) is 0 Å². The number of fused-ring (bicyclic) bond motifs is 1. The van der Waals surface area contributed by atoms with E-state index in [1.165, 1.54) is 37.5 Å². The second-order valence-electron chi connectivity index (χ2n) is 7.34. The number of para-hydroxylation sites is 1. The largest absolute Gasteiger partial charge is 0.493 e. The summed E-state index contributed by atoms with van der Waals surface area (Å²) in [5.41, 5.74) is 1.52. The monoisotopic (exact) mass is 444 g/mol. The van der Waals surface area contributed by atoms with Gasteiger partial charge in [-0.05, 0) is 37.3 Å². The fourth-order valence-electron chi connectivity index (χ4n) is 3.37. The van der Waals surface area contributed by atoms with Crippen molar-refractivity contribution in [3.05, 3.63) is 71.9 Å². The van der Waals surface area contributed by atoms with Gasteiger partial charge in [-0.3, -0.25) is 4.79 Å². The van der Waals surface area contributed by atoms with E-state index in [2.05, 4.69) is 10.3 Å². The number of amides is 1. The number of benzene rings is 2. The second kappa shape index (κ2) is 8.50. The lowest BCUT2D eigenvalue weighted by Crippen LogP contribution is -2.41. The summed E-state index contributed by atoms with van der Waals surface area (Å²) in [6.45, 7) is 1.80. The number of carbonyl (C=O) groups excluding carboxylic acids is 1. The number of rotatable bonds is 6. The Morgan fingerprint density at radius 1 is 1.23 bits per heavy atom. The number of carbonyl (C=O) groups is 1. The topological polar surface area (TPSA) is 98.5 Å². The molecule has 1 aromatic heterocycles. The van der Waals surface area contributed by atoms with E-state index in [1.807, 2.05) is 24.3 Å². The van der Waals surface area contributed by atoms with Crippen molar-refractivity contribution >= 4 is 15.7 Å². The molecule has 9 heteroatoms. The minimum Gasteiger partial charge on any atom is -0.493 e. The first-order chi connectivity index (χ1) is 14.8. The fraction of sp³-hybridized carbons (Fsp3) is 0.273. The van der Waals surface area contributed by atoms with Gasteiger partial charge >= 0.3 is 0 Å². The van der Waals surface area contributed by atoms with Gasteiger partial charge in [0.15, 0.2) is 9.84 Å². The second-order valence-corrected chi connectivity index (χ2v) is 9.66. The molecule has 2 atom stereocenters. The average Bonchev–Trinajstić information content (AvgIpc) is 3.21. The molecule has 0 fully saturated rings. The van der Waals surface area contributed by atoms with Crippen molar-refractivity contribution in [3.8, 4) is 17.2 Å². The summed E-state index contributed by atoms with van der Waals surface area (Å²) in [5.74, 6) is -0.558. The van der Waals surface area contributed by atoms with Crippen LogP contribution >= 0.6 is 0 Å². The number of hydrogen-bond donors (Lipinski definition) is 1. The molecular weight excluding hydrogens is 423 g/mol. The highest BCUT2D eigenvalue weighted by Crippen LogP contribution is 2.31. The van der Waals surface area contributed by atoms with Crippen molar-refractivity contribution in [2.75, 3.05) is 6.61 Å². The van der Waals surface area contributed by atoms with E-state index in [9.17, 15) is 17.6 Å². The van der Waals surface area contributed by atoms with E-state index < -0.39 is 32.6 Å². The number of hydrogen-bond acceptors (Lipinski definition) is 6. The third kappa shape index (κ3) is 4.61. The highest BCUT2D eigenvalue weighted by Gasteiger charge is 2.32. The van der Waals surface area contributed by atoms with Gasteiger partial charge in [-0.2, -0.15) is 0 Å². The van der Waals surface area contributed by atoms with Crippen molar-refractivity contribution in [1.82, 2.24) is 10.3 Å². The summed E-state index contributed by atoms with van der Waals surface area (Å²) < 4.78 is 49.6. The van der Waals surface area contributed by atoms with Gasteiger partial charge in [-0.1, -0.05) is 18.2 Å². The van der Waals surface area contributed by atoms with Gasteiger partial charge in [0, 0.05) is 17.5 Å². The van der Waals surface area contributed by atoms with Crippen LogP contribution < -0.4 is 10.1 Å². The van der Waals surface area contributed by atoms with Gasteiger partial charge in [0.2, 0.25) is 11.8 Å². The van der Waals surface area contributed by atoms with Gasteiger partial charge in [-0.25, -0.2) is 17.8 Å². The summed E-state index contributed by atoms with van der Waals surface area (Å²) in [5, 5.41) is 1.56. The fourth-order valence-corrected chi connectivity index (χ4v) is 4.56. The zero-order chi connectivity index (χ0) is 22.0. The molecule has 2 heterocycles. The van der Waals surface area contributed by atoms with Crippen LogP contribution in [0, 0.1) is 5.82 Å². The zero-order valence-electron chi connectivity index (χ0n) is 16.7. The third-order valence-corrected chi connectivity index (χ3v) is 7.16. The smallest absolute Gasteiger partial charge is 0.238 e. The van der Waals surface area contributed by atoms with Crippen molar-refractivity contribution in [1.29, 1.82) is 0 Å². The van der Waals surface area contributed by atoms with E-state index in [4.69, 9.17) is 9.15 Å². The molecule has 1 aliphatic heterocycles. The summed E-state index contributed by atoms with van der Waals surface area (Å²) in [7, 11) is -3.84. The minimum absolute atomic E-state index is 0.176. The lowest BCUT2D eigenvalue weighted by Gasteiger charge is -2.27. The van der Waals surface area contributed by atoms with Crippen LogP contribution in [0.2, 0.25) is 0 Å². The average molecular weight is 444 g/mol. The first-order valence-corrected chi connectivity index (χ1v) is 11.5. The van der Waals surface area contributed by atoms with Crippen molar-refractivity contribution in [3.63, 3.8) is 0 Å². The van der Waals surface area contributed by atoms with Crippen molar-refractivity contribution < 1.29 is 26.8 Å². The summed E-state index contributed by atoms with van der Waals surface area (Å²) >= 11 is 0. The molecule has 31 heavy (non-hydrogen) atoms. The molecule has 1 amide bonds. The molecule has 1 N–H and O–H groups in total. The zero-order valence-corrected chi connectivity index (χ0v) is 17.6. The molecule has 2 aromatic carbocycles. The Labute approximate surface area is 179 Å². The molecular formula is C22H21FN2O5S. The highest BCUT2D eigenvalue weighted by molar-refractivity contribution is 7.92. The molecule has 162 valence electrons. The maximum absolute atomic E-state index is 13.1. The molecule has 0 saturated carbocycles. The van der Waals surface area contributed by atoms with Gasteiger partial charge in [0.05, 0.1) is 24.1 Å². The van der Waals surface area contributed by atoms with Crippen LogP contribution in [0.5, 0.6) is 5.75 Å². The van der Waals surface area contributed by atoms with Crippen LogP contribution in [0.1, 0.15) is 30.6 Å². The number of nitrogens with zero attached hydrogens (tertiary/aromatic N) is 1. The third-order valence-electron chi connectivity index (χ3n) is 5.17. The Kier molecular flexibility index (Phi) is 5.77. The number of ether oxygens (including phenoxy) is 1. The van der Waals surface area contributed by atoms with E-state index in [1.54, 1.807) is 0 Å². The molecule has 7 nitrogen and oxygen atoms in total. The lowest BCUT2D eigenvalue weighted by molar-refractivity contribution is -0.121. The molecule has 2 unspecified atom stereocenters. The Morgan fingerprint density at radius 2 is 1.97 bits per heavy atom. The van der Waals surface area contributed by atoms with Crippen LogP contribution in [-0.4, -0.2) is 31.2 Å². The van der Waals surface area contributed by atoms with E-state index in [-0.39, 0.29) is 17.6 Å². The molecule has 0 saturated heterocycles. The van der Waals surface area contributed by atoms with Crippen molar-refractivity contribution in [2.24, 2.45) is 0 Å². The van der Waals surface area contributed by atoms with Crippen LogP contribution in [0.25, 0.3) is 11.5 Å². The first kappa shape index (κ1) is 21.0. The minimum atomic E-state index is -3.84. The molecule has 0 aliphatic carbocycles. The van der Waals surface area contributed by atoms with Crippen LogP contribution in [0.4, 0.5) is 4.39 Å². The Hall–Kier alpha value is -3.20. The van der Waals surface area contributed by atoms with Gasteiger partial charge in [0.25, 0.3) is 0 Å². The molecule has 0 spiro atoms. The van der Waals surface area contributed by atoms with E-state index in [0.717, 1.165) is 5.56 Å². The van der Waals surface area contributed by atoms with Crippen LogP contribution in [0.15, 0.2) is 59.2 Å². The molecule has 1 aliphatic rings. The summed E-state index contributed by atoms with van der Waals surface area (Å²) in [6, 6.07) is 12.5. The van der Waals surface area contributed by atoms with Crippen LogP contribution in [0.3, 0.4) is 0 Å². The molecule has 0 bridgehead atoms. The highest BCUT2D eigenvalue weighted by atomic mass is 32.2. The maximum atomic E-state index is 13.1. The van der Waals surface area contributed by atoms with Crippen molar-refractivity contribution in [2.45, 2.75) is 30.4 Å². The number of sulfone groups is 1. The number of halogens is 1. The predicted octanol–water partition coefficient (Wildman–Crippen LogP) is 3.42. The molecule has 3 aromatic rings. The Morgan fingerprint density at radius 3 is 2.74 bits per heavy atom. The Bertz CT molecular complexity index is 1190. The number of aromatic nitrogens is 1. The lowest BCUT2D eigenvalue weighted by atomic mass is 10.0. The number of nitrogens with one attached hydrogen (secondary N) is 1. The Balaban J connectivity index is 1.44. The standard InChI is InChI=1S/C22H21FN2O5S/c1-14(21(26)25-19-10-11-29-20-5-3-2-4-18(19)20)31(27,28)13-17-12-30-22(24-17)15-6-8-16(23)9-7-15/h2-9,12,14,19H,10-11,13H2,1H3,(H,25,26). The van der Waals surface area contributed by atoms with Gasteiger partial charge < -0.3 is 14.5 Å². The SMILES string of the molecule is CC(C(=O)NC1CCOc2ccccc21)S(=O)(=O)Cc1coc(-c2ccc(F)cc2)n1. The normalized spacial score (nSPS) is 16.8. The summed E-state index contributed by atoms with van der Waals surface area (Å²) in [6.07, 6.45) is 1.79. The summed E-state index contributed by atoms with van der Waals surface area (Å²) in [4.78, 5) is 16.9. The molecule has 4 rings (SSSR count). The van der Waals surface area contributed by atoms with Gasteiger partial charge in [0.1, 0.15) is 23.1 Å². The first-order valence-electron chi connectivity index (χ1n) is 9.77.